The fourth-order valence-corrected chi connectivity index (χ4v) is 2.35. The molecule has 1 rings (SSSR count). The summed E-state index contributed by atoms with van der Waals surface area (Å²) in [5.41, 5.74) is 6.47. The molecule has 0 spiro atoms. The summed E-state index contributed by atoms with van der Waals surface area (Å²) in [6, 6.07) is 6.10. The van der Waals surface area contributed by atoms with Crippen LogP contribution in [0.4, 0.5) is 4.39 Å². The lowest BCUT2D eigenvalue weighted by Gasteiger charge is -2.19. The average molecular weight is 280 g/mol. The normalized spacial score (nSPS) is 14.1. The Morgan fingerprint density at radius 3 is 2.60 bits per heavy atom. The summed E-state index contributed by atoms with van der Waals surface area (Å²) >= 11 is 0. The van der Waals surface area contributed by atoms with Gasteiger partial charge in [-0.15, -0.1) is 0 Å². The Morgan fingerprint density at radius 1 is 1.35 bits per heavy atom. The molecule has 0 aliphatic carbocycles. The zero-order valence-corrected chi connectivity index (χ0v) is 12.5. The third kappa shape index (κ3) is 5.70. The van der Waals surface area contributed by atoms with Crippen LogP contribution in [0.25, 0.3) is 0 Å². The summed E-state index contributed by atoms with van der Waals surface area (Å²) in [7, 11) is 0. The van der Waals surface area contributed by atoms with Crippen molar-refractivity contribution < 1.29 is 9.18 Å². The van der Waals surface area contributed by atoms with Gasteiger partial charge in [-0.3, -0.25) is 4.79 Å². The first-order valence-corrected chi connectivity index (χ1v) is 7.17. The number of amides is 1. The minimum absolute atomic E-state index is 0.0298. The first-order valence-electron chi connectivity index (χ1n) is 7.17. The lowest BCUT2D eigenvalue weighted by atomic mass is 9.94. The molecule has 0 saturated carbocycles. The van der Waals surface area contributed by atoms with Crippen LogP contribution in [-0.4, -0.2) is 12.5 Å². The molecule has 1 unspecified atom stereocenters. The Balaban J connectivity index is 2.53. The number of nitrogens with one attached hydrogen (secondary N) is 1. The van der Waals surface area contributed by atoms with Crippen molar-refractivity contribution in [2.24, 2.45) is 17.6 Å². The van der Waals surface area contributed by atoms with E-state index in [9.17, 15) is 9.18 Å². The highest BCUT2D eigenvalue weighted by atomic mass is 19.1. The molecule has 3 nitrogen and oxygen atoms in total. The number of rotatable bonds is 7. The second kappa shape index (κ2) is 8.00. The van der Waals surface area contributed by atoms with E-state index in [4.69, 9.17) is 5.73 Å². The minimum Gasteiger partial charge on any atom is -0.350 e. The zero-order valence-electron chi connectivity index (χ0n) is 12.5. The van der Waals surface area contributed by atoms with Crippen LogP contribution in [0.2, 0.25) is 0 Å². The topological polar surface area (TPSA) is 55.1 Å². The van der Waals surface area contributed by atoms with Crippen LogP contribution < -0.4 is 11.1 Å². The van der Waals surface area contributed by atoms with Crippen LogP contribution in [0.15, 0.2) is 24.3 Å². The van der Waals surface area contributed by atoms with Crippen LogP contribution in [-0.2, 0) is 4.79 Å². The largest absolute Gasteiger partial charge is 0.350 e. The van der Waals surface area contributed by atoms with E-state index in [1.165, 1.54) is 12.1 Å². The molecule has 112 valence electrons. The van der Waals surface area contributed by atoms with E-state index in [2.05, 4.69) is 19.2 Å². The van der Waals surface area contributed by atoms with E-state index in [1.807, 2.05) is 13.0 Å². The Hall–Kier alpha value is -1.42. The van der Waals surface area contributed by atoms with Crippen molar-refractivity contribution in [1.82, 2.24) is 5.32 Å². The van der Waals surface area contributed by atoms with Gasteiger partial charge in [0.05, 0.1) is 6.04 Å². The number of carbonyl (C=O) groups is 1. The van der Waals surface area contributed by atoms with Gasteiger partial charge in [0, 0.05) is 6.42 Å². The number of hydrogen-bond acceptors (Lipinski definition) is 2. The molecule has 2 atom stereocenters. The predicted octanol–water partition coefficient (Wildman–Crippen LogP) is 3.01. The van der Waals surface area contributed by atoms with Crippen LogP contribution in [0.5, 0.6) is 0 Å². The summed E-state index contributed by atoms with van der Waals surface area (Å²) in [5, 5.41) is 2.90. The summed E-state index contributed by atoms with van der Waals surface area (Å²) < 4.78 is 13.1. The van der Waals surface area contributed by atoms with Crippen LogP contribution >= 0.6 is 0 Å². The lowest BCUT2D eigenvalue weighted by molar-refractivity contribution is -0.122. The Morgan fingerprint density at radius 2 is 2.05 bits per heavy atom. The summed E-state index contributed by atoms with van der Waals surface area (Å²) in [6.45, 7) is 6.61. The third-order valence-electron chi connectivity index (χ3n) is 3.34. The average Bonchev–Trinajstić information content (AvgIpc) is 2.37. The standard InChI is InChI=1S/C16H25FN2O/c1-11(2)7-13(10-18)8-16(20)19-12(3)14-5-4-6-15(17)9-14/h4-6,9,11-13H,7-8,10,18H2,1-3H3,(H,19,20)/t12-,13?/m1/s1. The van der Waals surface area contributed by atoms with Gasteiger partial charge in [-0.05, 0) is 49.4 Å². The molecule has 20 heavy (non-hydrogen) atoms. The van der Waals surface area contributed by atoms with Gasteiger partial charge in [-0.2, -0.15) is 0 Å². The van der Waals surface area contributed by atoms with Crippen molar-refractivity contribution in [1.29, 1.82) is 0 Å². The van der Waals surface area contributed by atoms with E-state index in [0.29, 0.717) is 18.9 Å². The number of benzene rings is 1. The maximum Gasteiger partial charge on any atom is 0.220 e. The van der Waals surface area contributed by atoms with Crippen molar-refractivity contribution in [2.45, 2.75) is 39.7 Å². The highest BCUT2D eigenvalue weighted by Gasteiger charge is 2.16. The predicted molar refractivity (Wildman–Crippen MR) is 79.6 cm³/mol. The zero-order chi connectivity index (χ0) is 15.1. The number of halogens is 1. The molecule has 1 aromatic carbocycles. The minimum atomic E-state index is -0.289. The molecule has 3 N–H and O–H groups in total. The lowest BCUT2D eigenvalue weighted by Crippen LogP contribution is -2.30. The van der Waals surface area contributed by atoms with Gasteiger partial charge in [-0.1, -0.05) is 26.0 Å². The quantitative estimate of drug-likeness (QED) is 0.806. The maximum absolute atomic E-state index is 13.1. The van der Waals surface area contributed by atoms with Crippen LogP contribution in [0.1, 0.15) is 45.2 Å². The van der Waals surface area contributed by atoms with Gasteiger partial charge in [0.1, 0.15) is 5.82 Å². The van der Waals surface area contributed by atoms with E-state index in [-0.39, 0.29) is 23.7 Å². The van der Waals surface area contributed by atoms with Crippen molar-refractivity contribution in [3.05, 3.63) is 35.6 Å². The third-order valence-corrected chi connectivity index (χ3v) is 3.34. The van der Waals surface area contributed by atoms with Gasteiger partial charge >= 0.3 is 0 Å². The smallest absolute Gasteiger partial charge is 0.220 e. The fraction of sp³-hybridized carbons (Fsp3) is 0.562. The van der Waals surface area contributed by atoms with E-state index in [1.54, 1.807) is 6.07 Å². The van der Waals surface area contributed by atoms with Crippen molar-refractivity contribution in [3.63, 3.8) is 0 Å². The molecule has 0 saturated heterocycles. The number of hydrogen-bond donors (Lipinski definition) is 2. The molecule has 4 heteroatoms. The van der Waals surface area contributed by atoms with Gasteiger partial charge in [0.15, 0.2) is 0 Å². The van der Waals surface area contributed by atoms with E-state index >= 15 is 0 Å². The monoisotopic (exact) mass is 280 g/mol. The summed E-state index contributed by atoms with van der Waals surface area (Å²) in [4.78, 5) is 12.0. The SMILES string of the molecule is CC(C)CC(CN)CC(=O)N[C@H](C)c1cccc(F)c1. The number of carbonyl (C=O) groups excluding carboxylic acids is 1. The fourth-order valence-electron chi connectivity index (χ4n) is 2.35. The number of nitrogens with two attached hydrogens (primary N) is 1. The van der Waals surface area contributed by atoms with Crippen molar-refractivity contribution >= 4 is 5.91 Å². The van der Waals surface area contributed by atoms with Gasteiger partial charge in [0.25, 0.3) is 0 Å². The molecule has 0 bridgehead atoms. The first kappa shape index (κ1) is 16.6. The molecule has 1 aromatic rings. The van der Waals surface area contributed by atoms with Crippen molar-refractivity contribution in [2.75, 3.05) is 6.54 Å². The Kier molecular flexibility index (Phi) is 6.65. The molecule has 0 aliphatic rings. The second-order valence-corrected chi connectivity index (χ2v) is 5.78. The van der Waals surface area contributed by atoms with Crippen molar-refractivity contribution in [3.8, 4) is 0 Å². The Labute approximate surface area is 120 Å². The van der Waals surface area contributed by atoms with Crippen LogP contribution in [0.3, 0.4) is 0 Å². The molecule has 0 fully saturated rings. The van der Waals surface area contributed by atoms with Gasteiger partial charge < -0.3 is 11.1 Å². The highest BCUT2D eigenvalue weighted by Crippen LogP contribution is 2.17. The van der Waals surface area contributed by atoms with Gasteiger partial charge in [0.2, 0.25) is 5.91 Å². The molecule has 0 radical (unpaired) electrons. The summed E-state index contributed by atoms with van der Waals surface area (Å²) in [5.74, 6) is 0.410. The van der Waals surface area contributed by atoms with Gasteiger partial charge in [-0.25, -0.2) is 4.39 Å². The molecule has 0 aromatic heterocycles. The van der Waals surface area contributed by atoms with E-state index in [0.717, 1.165) is 12.0 Å². The molecular weight excluding hydrogens is 255 g/mol. The van der Waals surface area contributed by atoms with Crippen LogP contribution in [0, 0.1) is 17.7 Å². The molecule has 0 heterocycles. The highest BCUT2D eigenvalue weighted by molar-refractivity contribution is 5.76. The maximum atomic E-state index is 13.1. The summed E-state index contributed by atoms with van der Waals surface area (Å²) in [6.07, 6.45) is 1.37. The molecule has 0 aliphatic heterocycles. The van der Waals surface area contributed by atoms with E-state index < -0.39 is 0 Å². The second-order valence-electron chi connectivity index (χ2n) is 5.78. The molecular formula is C16H25FN2O. The first-order chi connectivity index (χ1) is 9.42. The molecule has 1 amide bonds. The Bertz CT molecular complexity index is 434.